The molecule has 4 heteroatoms. The quantitative estimate of drug-likeness (QED) is 0.899. The Morgan fingerprint density at radius 3 is 2.88 bits per heavy atom. The lowest BCUT2D eigenvalue weighted by atomic mass is 10.2. The topological polar surface area (TPSA) is 29.5 Å². The lowest BCUT2D eigenvalue weighted by molar-refractivity contribution is 0.264. The van der Waals surface area contributed by atoms with E-state index in [9.17, 15) is 5.11 Å². The van der Waals surface area contributed by atoms with Crippen LogP contribution in [0.25, 0.3) is 0 Å². The first kappa shape index (κ1) is 12.4. The number of benzene rings is 1. The third-order valence-corrected chi connectivity index (χ3v) is 3.55. The van der Waals surface area contributed by atoms with Gasteiger partial charge in [0, 0.05) is 17.0 Å². The highest BCUT2D eigenvalue weighted by Crippen LogP contribution is 2.26. The van der Waals surface area contributed by atoms with Crippen molar-refractivity contribution < 1.29 is 9.84 Å². The summed E-state index contributed by atoms with van der Waals surface area (Å²) in [5.74, 6) is 0.662. The van der Waals surface area contributed by atoms with E-state index in [0.717, 1.165) is 6.42 Å². The van der Waals surface area contributed by atoms with Crippen LogP contribution in [0.15, 0.2) is 35.0 Å². The van der Waals surface area contributed by atoms with Gasteiger partial charge in [0.25, 0.3) is 0 Å². The number of hydrogen-bond acceptors (Lipinski definition) is 3. The summed E-state index contributed by atoms with van der Waals surface area (Å²) in [5.41, 5.74) is 1.92. The molecule has 2 rings (SSSR count). The molecule has 0 aliphatic rings. The Morgan fingerprint density at radius 1 is 1.29 bits per heavy atom. The Kier molecular flexibility index (Phi) is 4.42. The predicted octanol–water partition coefficient (Wildman–Crippen LogP) is 3.52. The standard InChI is InChI=1S/C13H13ClO2S/c14-12-2-1-3-13(11(12)8-15)16-6-4-10-5-7-17-9-10/h1-3,5,7,9,15H,4,6,8H2. The van der Waals surface area contributed by atoms with Gasteiger partial charge in [-0.2, -0.15) is 11.3 Å². The average molecular weight is 269 g/mol. The summed E-state index contributed by atoms with van der Waals surface area (Å²) in [6.07, 6.45) is 0.862. The molecule has 2 aromatic rings. The molecule has 0 fully saturated rings. The van der Waals surface area contributed by atoms with E-state index in [4.69, 9.17) is 16.3 Å². The summed E-state index contributed by atoms with van der Waals surface area (Å²) < 4.78 is 5.64. The van der Waals surface area contributed by atoms with Crippen molar-refractivity contribution in [3.63, 3.8) is 0 Å². The largest absolute Gasteiger partial charge is 0.493 e. The Hall–Kier alpha value is -1.03. The Labute approximate surface area is 109 Å². The van der Waals surface area contributed by atoms with Crippen LogP contribution in [0.1, 0.15) is 11.1 Å². The van der Waals surface area contributed by atoms with Gasteiger partial charge >= 0.3 is 0 Å². The van der Waals surface area contributed by atoms with E-state index in [0.29, 0.717) is 22.9 Å². The molecule has 0 bridgehead atoms. The van der Waals surface area contributed by atoms with Gasteiger partial charge in [0.2, 0.25) is 0 Å². The van der Waals surface area contributed by atoms with Crippen molar-refractivity contribution in [3.05, 3.63) is 51.2 Å². The molecule has 0 radical (unpaired) electrons. The fraction of sp³-hybridized carbons (Fsp3) is 0.231. The number of ether oxygens (including phenoxy) is 1. The van der Waals surface area contributed by atoms with Crippen molar-refractivity contribution >= 4 is 22.9 Å². The van der Waals surface area contributed by atoms with Gasteiger partial charge in [-0.1, -0.05) is 17.7 Å². The molecule has 0 aliphatic carbocycles. The SMILES string of the molecule is OCc1c(Cl)cccc1OCCc1ccsc1. The summed E-state index contributed by atoms with van der Waals surface area (Å²) in [6, 6.07) is 7.48. The van der Waals surface area contributed by atoms with Crippen LogP contribution in [0, 0.1) is 0 Å². The Bertz CT molecular complexity index is 468. The molecule has 1 aromatic heterocycles. The first-order valence-corrected chi connectivity index (χ1v) is 6.65. The van der Waals surface area contributed by atoms with Gasteiger partial charge in [-0.05, 0) is 34.5 Å². The van der Waals surface area contributed by atoms with Crippen molar-refractivity contribution in [2.45, 2.75) is 13.0 Å². The van der Waals surface area contributed by atoms with E-state index in [-0.39, 0.29) is 6.61 Å². The fourth-order valence-corrected chi connectivity index (χ4v) is 2.47. The summed E-state index contributed by atoms with van der Waals surface area (Å²) in [5, 5.41) is 13.9. The second kappa shape index (κ2) is 6.05. The summed E-state index contributed by atoms with van der Waals surface area (Å²) >= 11 is 7.65. The smallest absolute Gasteiger partial charge is 0.126 e. The summed E-state index contributed by atoms with van der Waals surface area (Å²) in [7, 11) is 0. The van der Waals surface area contributed by atoms with Crippen molar-refractivity contribution in [3.8, 4) is 5.75 Å². The molecule has 90 valence electrons. The monoisotopic (exact) mass is 268 g/mol. The summed E-state index contributed by atoms with van der Waals surface area (Å²) in [4.78, 5) is 0. The fourth-order valence-electron chi connectivity index (χ4n) is 1.54. The number of aliphatic hydroxyl groups is 1. The number of aliphatic hydroxyl groups excluding tert-OH is 1. The maximum absolute atomic E-state index is 9.22. The van der Waals surface area contributed by atoms with E-state index in [2.05, 4.69) is 11.4 Å². The van der Waals surface area contributed by atoms with E-state index >= 15 is 0 Å². The van der Waals surface area contributed by atoms with Crippen LogP contribution in [0.2, 0.25) is 5.02 Å². The number of halogens is 1. The predicted molar refractivity (Wildman–Crippen MR) is 70.9 cm³/mol. The highest BCUT2D eigenvalue weighted by molar-refractivity contribution is 7.07. The van der Waals surface area contributed by atoms with Crippen molar-refractivity contribution in [2.75, 3.05) is 6.61 Å². The molecule has 0 saturated carbocycles. The zero-order chi connectivity index (χ0) is 12.1. The highest BCUT2D eigenvalue weighted by Gasteiger charge is 2.06. The maximum atomic E-state index is 9.22. The molecule has 17 heavy (non-hydrogen) atoms. The number of hydrogen-bond donors (Lipinski definition) is 1. The minimum Gasteiger partial charge on any atom is -0.493 e. The third kappa shape index (κ3) is 3.22. The zero-order valence-corrected chi connectivity index (χ0v) is 10.8. The van der Waals surface area contributed by atoms with Gasteiger partial charge < -0.3 is 9.84 Å². The second-order valence-corrected chi connectivity index (χ2v) is 4.79. The normalized spacial score (nSPS) is 10.5. The van der Waals surface area contributed by atoms with Crippen molar-refractivity contribution in [2.24, 2.45) is 0 Å². The molecule has 0 atom stereocenters. The van der Waals surface area contributed by atoms with E-state index in [1.54, 1.807) is 17.4 Å². The van der Waals surface area contributed by atoms with Gasteiger partial charge in [0.15, 0.2) is 0 Å². The molecule has 2 nitrogen and oxygen atoms in total. The van der Waals surface area contributed by atoms with E-state index < -0.39 is 0 Å². The van der Waals surface area contributed by atoms with Crippen LogP contribution < -0.4 is 4.74 Å². The average Bonchev–Trinajstić information content (AvgIpc) is 2.82. The summed E-state index contributed by atoms with van der Waals surface area (Å²) in [6.45, 7) is 0.484. The van der Waals surface area contributed by atoms with Crippen LogP contribution in [0.4, 0.5) is 0 Å². The molecule has 0 spiro atoms. The third-order valence-electron chi connectivity index (χ3n) is 2.46. The maximum Gasteiger partial charge on any atom is 0.126 e. The van der Waals surface area contributed by atoms with Crippen LogP contribution in [0.5, 0.6) is 5.75 Å². The van der Waals surface area contributed by atoms with E-state index in [1.165, 1.54) is 5.56 Å². The first-order chi connectivity index (χ1) is 8.31. The lowest BCUT2D eigenvalue weighted by Gasteiger charge is -2.10. The molecule has 1 heterocycles. The molecule has 1 aromatic carbocycles. The molecular formula is C13H13ClO2S. The van der Waals surface area contributed by atoms with Gasteiger partial charge in [-0.15, -0.1) is 0 Å². The number of thiophene rings is 1. The molecule has 0 unspecified atom stereocenters. The van der Waals surface area contributed by atoms with Gasteiger partial charge in [0.1, 0.15) is 5.75 Å². The van der Waals surface area contributed by atoms with Gasteiger partial charge in [-0.3, -0.25) is 0 Å². The van der Waals surface area contributed by atoms with E-state index in [1.807, 2.05) is 17.5 Å². The molecule has 0 saturated heterocycles. The van der Waals surface area contributed by atoms with Gasteiger partial charge in [-0.25, -0.2) is 0 Å². The molecule has 1 N–H and O–H groups in total. The minimum atomic E-state index is -0.104. The lowest BCUT2D eigenvalue weighted by Crippen LogP contribution is -2.03. The van der Waals surface area contributed by atoms with Crippen LogP contribution in [-0.2, 0) is 13.0 Å². The van der Waals surface area contributed by atoms with Crippen LogP contribution in [0.3, 0.4) is 0 Å². The Morgan fingerprint density at radius 2 is 2.18 bits per heavy atom. The van der Waals surface area contributed by atoms with Gasteiger partial charge in [0.05, 0.1) is 13.2 Å². The van der Waals surface area contributed by atoms with Crippen molar-refractivity contribution in [1.82, 2.24) is 0 Å². The number of rotatable bonds is 5. The van der Waals surface area contributed by atoms with Crippen LogP contribution in [-0.4, -0.2) is 11.7 Å². The second-order valence-electron chi connectivity index (χ2n) is 3.60. The Balaban J connectivity index is 1.97. The zero-order valence-electron chi connectivity index (χ0n) is 9.23. The highest BCUT2D eigenvalue weighted by atomic mass is 35.5. The molecular weight excluding hydrogens is 256 g/mol. The molecule has 0 aliphatic heterocycles. The molecule has 0 amide bonds. The minimum absolute atomic E-state index is 0.104. The van der Waals surface area contributed by atoms with Crippen LogP contribution >= 0.6 is 22.9 Å². The first-order valence-electron chi connectivity index (χ1n) is 5.33. The van der Waals surface area contributed by atoms with Crippen molar-refractivity contribution in [1.29, 1.82) is 0 Å².